The van der Waals surface area contributed by atoms with E-state index in [0.717, 1.165) is 5.56 Å². The highest BCUT2D eigenvalue weighted by atomic mass is 19.4. The Bertz CT molecular complexity index is 465. The summed E-state index contributed by atoms with van der Waals surface area (Å²) >= 11 is 0. The van der Waals surface area contributed by atoms with Gasteiger partial charge in [0, 0.05) is 12.1 Å². The average molecular weight is 305 g/mol. The summed E-state index contributed by atoms with van der Waals surface area (Å²) in [5.41, 5.74) is 6.21. The predicted molar refractivity (Wildman–Crippen MR) is 75.6 cm³/mol. The van der Waals surface area contributed by atoms with Crippen LogP contribution >= 0.6 is 0 Å². The van der Waals surface area contributed by atoms with E-state index >= 15 is 0 Å². The minimum Gasteiger partial charge on any atom is -0.493 e. The Labute approximate surface area is 123 Å². The highest BCUT2D eigenvalue weighted by Crippen LogP contribution is 2.35. The summed E-state index contributed by atoms with van der Waals surface area (Å²) in [4.78, 5) is 0. The van der Waals surface area contributed by atoms with Crippen molar-refractivity contribution >= 4 is 0 Å². The van der Waals surface area contributed by atoms with Crippen molar-refractivity contribution in [3.8, 4) is 11.5 Å². The molecule has 0 heterocycles. The third kappa shape index (κ3) is 6.25. The molecule has 0 amide bonds. The summed E-state index contributed by atoms with van der Waals surface area (Å²) in [6.07, 6.45) is -4.10. The van der Waals surface area contributed by atoms with Crippen molar-refractivity contribution in [2.24, 2.45) is 5.73 Å². The van der Waals surface area contributed by atoms with E-state index in [-0.39, 0.29) is 17.2 Å². The molecule has 1 rings (SSSR count). The molecule has 0 fully saturated rings. The van der Waals surface area contributed by atoms with Crippen molar-refractivity contribution in [1.82, 2.24) is 0 Å². The van der Waals surface area contributed by atoms with E-state index < -0.39 is 6.36 Å². The predicted octanol–water partition coefficient (Wildman–Crippen LogP) is 4.00. The van der Waals surface area contributed by atoms with Gasteiger partial charge >= 0.3 is 6.36 Å². The minimum absolute atomic E-state index is 0.0299. The summed E-state index contributed by atoms with van der Waals surface area (Å²) in [5.74, 6) is 0.108. The normalized spacial score (nSPS) is 13.9. The quantitative estimate of drug-likeness (QED) is 0.894. The zero-order valence-electron chi connectivity index (χ0n) is 12.8. The average Bonchev–Trinajstić information content (AvgIpc) is 2.24. The monoisotopic (exact) mass is 305 g/mol. The van der Waals surface area contributed by atoms with Crippen LogP contribution in [-0.2, 0) is 5.41 Å². The molecule has 2 N–H and O–H groups in total. The molecule has 1 aromatic rings. The van der Waals surface area contributed by atoms with Gasteiger partial charge in [0.1, 0.15) is 11.5 Å². The van der Waals surface area contributed by atoms with Gasteiger partial charge in [-0.2, -0.15) is 0 Å². The Hall–Kier alpha value is -1.43. The molecular weight excluding hydrogens is 283 g/mol. The topological polar surface area (TPSA) is 44.5 Å². The Morgan fingerprint density at radius 1 is 1.19 bits per heavy atom. The molecule has 1 unspecified atom stereocenters. The Kier molecular flexibility index (Phi) is 5.50. The lowest BCUT2D eigenvalue weighted by Crippen LogP contribution is -2.20. The first-order chi connectivity index (χ1) is 9.49. The molecule has 3 nitrogen and oxygen atoms in total. The van der Waals surface area contributed by atoms with Gasteiger partial charge in [-0.25, -0.2) is 0 Å². The van der Waals surface area contributed by atoms with Crippen LogP contribution in [0.1, 0.15) is 39.7 Å². The van der Waals surface area contributed by atoms with Gasteiger partial charge in [-0.1, -0.05) is 26.8 Å². The molecule has 0 bridgehead atoms. The lowest BCUT2D eigenvalue weighted by Gasteiger charge is -2.24. The Morgan fingerprint density at radius 3 is 2.29 bits per heavy atom. The molecule has 21 heavy (non-hydrogen) atoms. The lowest BCUT2D eigenvalue weighted by atomic mass is 9.86. The second-order valence-corrected chi connectivity index (χ2v) is 6.07. The third-order valence-corrected chi connectivity index (χ3v) is 2.83. The number of ether oxygens (including phenoxy) is 2. The first-order valence-electron chi connectivity index (χ1n) is 6.77. The van der Waals surface area contributed by atoms with Gasteiger partial charge in [-0.3, -0.25) is 0 Å². The minimum atomic E-state index is -4.72. The number of nitrogens with two attached hydrogens (primary N) is 1. The van der Waals surface area contributed by atoms with Gasteiger partial charge in [0.25, 0.3) is 0 Å². The zero-order valence-corrected chi connectivity index (χ0v) is 12.8. The second-order valence-electron chi connectivity index (χ2n) is 6.07. The Balaban J connectivity index is 2.99. The van der Waals surface area contributed by atoms with Crippen molar-refractivity contribution in [2.45, 2.75) is 51.9 Å². The van der Waals surface area contributed by atoms with Crippen molar-refractivity contribution in [3.63, 3.8) is 0 Å². The van der Waals surface area contributed by atoms with Crippen LogP contribution in [0.2, 0.25) is 0 Å². The third-order valence-electron chi connectivity index (χ3n) is 2.83. The molecule has 1 aromatic carbocycles. The molecule has 0 radical (unpaired) electrons. The van der Waals surface area contributed by atoms with Crippen LogP contribution in [0, 0.1) is 0 Å². The van der Waals surface area contributed by atoms with Crippen LogP contribution < -0.4 is 15.2 Å². The number of hydrogen-bond acceptors (Lipinski definition) is 3. The summed E-state index contributed by atoms with van der Waals surface area (Å²) in [6.45, 7) is 8.08. The summed E-state index contributed by atoms with van der Waals surface area (Å²) in [6, 6.07) is 4.14. The smallest absolute Gasteiger partial charge is 0.493 e. The second kappa shape index (κ2) is 6.56. The first kappa shape index (κ1) is 17.6. The van der Waals surface area contributed by atoms with Crippen LogP contribution in [-0.4, -0.2) is 19.0 Å². The zero-order chi connectivity index (χ0) is 16.3. The lowest BCUT2D eigenvalue weighted by molar-refractivity contribution is -0.274. The van der Waals surface area contributed by atoms with E-state index in [9.17, 15) is 13.2 Å². The van der Waals surface area contributed by atoms with E-state index in [1.807, 2.05) is 27.7 Å². The van der Waals surface area contributed by atoms with Crippen LogP contribution in [0.15, 0.2) is 18.2 Å². The summed E-state index contributed by atoms with van der Waals surface area (Å²) in [7, 11) is 0. The number of hydrogen-bond donors (Lipinski definition) is 1. The van der Waals surface area contributed by atoms with Crippen molar-refractivity contribution < 1.29 is 22.6 Å². The fourth-order valence-corrected chi connectivity index (χ4v) is 1.79. The molecule has 0 aliphatic rings. The van der Waals surface area contributed by atoms with Crippen molar-refractivity contribution in [2.75, 3.05) is 6.61 Å². The fraction of sp³-hybridized carbons (Fsp3) is 0.600. The van der Waals surface area contributed by atoms with Crippen LogP contribution in [0.5, 0.6) is 11.5 Å². The molecule has 6 heteroatoms. The van der Waals surface area contributed by atoms with Crippen LogP contribution in [0.4, 0.5) is 13.2 Å². The van der Waals surface area contributed by atoms with Crippen LogP contribution in [0.3, 0.4) is 0 Å². The standard InChI is InChI=1S/C15H22F3NO2/c1-10(19)7-8-20-13-9-11(21-15(16,17)18)5-6-12(13)14(2,3)4/h5-6,9-10H,7-8,19H2,1-4H3. The molecule has 0 aliphatic carbocycles. The molecule has 0 spiro atoms. The maximum atomic E-state index is 12.3. The molecule has 120 valence electrons. The number of rotatable bonds is 5. The first-order valence-corrected chi connectivity index (χ1v) is 6.77. The van der Waals surface area contributed by atoms with Gasteiger partial charge in [0.05, 0.1) is 6.61 Å². The van der Waals surface area contributed by atoms with E-state index in [4.69, 9.17) is 10.5 Å². The number of halogens is 3. The summed E-state index contributed by atoms with van der Waals surface area (Å²) in [5, 5.41) is 0. The van der Waals surface area contributed by atoms with Gasteiger partial charge in [0.15, 0.2) is 0 Å². The molecule has 0 aliphatic heterocycles. The maximum Gasteiger partial charge on any atom is 0.573 e. The van der Waals surface area contributed by atoms with E-state index in [2.05, 4.69) is 4.74 Å². The highest BCUT2D eigenvalue weighted by Gasteiger charge is 2.31. The van der Waals surface area contributed by atoms with E-state index in [0.29, 0.717) is 18.8 Å². The van der Waals surface area contributed by atoms with Crippen molar-refractivity contribution in [1.29, 1.82) is 0 Å². The summed E-state index contributed by atoms with van der Waals surface area (Å²) < 4.78 is 46.4. The molecule has 1 atom stereocenters. The molecular formula is C15H22F3NO2. The van der Waals surface area contributed by atoms with Gasteiger partial charge in [-0.05, 0) is 30.4 Å². The van der Waals surface area contributed by atoms with Crippen molar-refractivity contribution in [3.05, 3.63) is 23.8 Å². The van der Waals surface area contributed by atoms with Gasteiger partial charge < -0.3 is 15.2 Å². The van der Waals surface area contributed by atoms with E-state index in [1.165, 1.54) is 12.1 Å². The SMILES string of the molecule is CC(N)CCOc1cc(OC(F)(F)F)ccc1C(C)(C)C. The number of alkyl halides is 3. The molecule has 0 aromatic heterocycles. The van der Waals surface area contributed by atoms with Gasteiger partial charge in [0.2, 0.25) is 0 Å². The Morgan fingerprint density at radius 2 is 1.81 bits per heavy atom. The fourth-order valence-electron chi connectivity index (χ4n) is 1.79. The highest BCUT2D eigenvalue weighted by molar-refractivity contribution is 5.44. The maximum absolute atomic E-state index is 12.3. The molecule has 0 saturated carbocycles. The van der Waals surface area contributed by atoms with E-state index in [1.54, 1.807) is 6.07 Å². The largest absolute Gasteiger partial charge is 0.573 e. The molecule has 0 saturated heterocycles. The van der Waals surface area contributed by atoms with Crippen LogP contribution in [0.25, 0.3) is 0 Å². The van der Waals surface area contributed by atoms with Gasteiger partial charge in [-0.15, -0.1) is 13.2 Å². The number of benzene rings is 1.